The lowest BCUT2D eigenvalue weighted by Crippen LogP contribution is -2.49. The summed E-state index contributed by atoms with van der Waals surface area (Å²) in [6.45, 7) is 3.63. The molecule has 152 valence electrons. The van der Waals surface area contributed by atoms with Gasteiger partial charge in [0.1, 0.15) is 5.75 Å². The van der Waals surface area contributed by atoms with Crippen LogP contribution >= 0.6 is 0 Å². The molecule has 2 aliphatic rings. The van der Waals surface area contributed by atoms with E-state index in [9.17, 15) is 14.7 Å². The molecule has 5 rings (SSSR count). The smallest absolute Gasteiger partial charge is 0.254 e. The van der Waals surface area contributed by atoms with Gasteiger partial charge in [0.05, 0.1) is 0 Å². The maximum absolute atomic E-state index is 13.2. The van der Waals surface area contributed by atoms with E-state index < -0.39 is 0 Å². The van der Waals surface area contributed by atoms with E-state index in [1.165, 1.54) is 0 Å². The van der Waals surface area contributed by atoms with Crippen LogP contribution in [0.1, 0.15) is 34.0 Å². The molecule has 1 fully saturated rings. The Morgan fingerprint density at radius 1 is 0.967 bits per heavy atom. The Labute approximate surface area is 175 Å². The molecule has 0 saturated carbocycles. The predicted octanol–water partition coefficient (Wildman–Crippen LogP) is 3.79. The average molecular weight is 400 g/mol. The molecule has 0 unspecified atom stereocenters. The highest BCUT2D eigenvalue weighted by Crippen LogP contribution is 2.37. The number of aromatic hydroxyl groups is 1. The Morgan fingerprint density at radius 3 is 2.57 bits per heavy atom. The first-order valence-electron chi connectivity index (χ1n) is 10.4. The van der Waals surface area contributed by atoms with Gasteiger partial charge in [-0.05, 0) is 48.6 Å². The summed E-state index contributed by atoms with van der Waals surface area (Å²) < 4.78 is 1.90. The lowest BCUT2D eigenvalue weighted by Gasteiger charge is -2.43. The van der Waals surface area contributed by atoms with Gasteiger partial charge >= 0.3 is 0 Å². The second-order valence-electron chi connectivity index (χ2n) is 8.44. The second-order valence-corrected chi connectivity index (χ2v) is 8.44. The van der Waals surface area contributed by atoms with Crippen molar-refractivity contribution >= 4 is 5.91 Å². The van der Waals surface area contributed by atoms with Crippen molar-refractivity contribution in [3.8, 4) is 16.9 Å². The first kappa shape index (κ1) is 18.7. The summed E-state index contributed by atoms with van der Waals surface area (Å²) in [5.74, 6) is 0.490. The van der Waals surface area contributed by atoms with Crippen LogP contribution in [0.15, 0.2) is 65.5 Å². The van der Waals surface area contributed by atoms with E-state index in [1.54, 1.807) is 31.2 Å². The van der Waals surface area contributed by atoms with E-state index >= 15 is 0 Å². The molecule has 1 saturated heterocycles. The number of phenols is 1. The summed E-state index contributed by atoms with van der Waals surface area (Å²) in [5.41, 5.74) is 4.16. The van der Waals surface area contributed by atoms with Gasteiger partial charge in [0.25, 0.3) is 11.5 Å². The molecule has 2 aliphatic heterocycles. The van der Waals surface area contributed by atoms with Crippen molar-refractivity contribution in [2.75, 3.05) is 13.1 Å². The fourth-order valence-corrected chi connectivity index (χ4v) is 4.95. The van der Waals surface area contributed by atoms with Crippen LogP contribution in [0.5, 0.6) is 5.75 Å². The zero-order valence-corrected chi connectivity index (χ0v) is 16.9. The molecule has 3 heterocycles. The summed E-state index contributed by atoms with van der Waals surface area (Å²) in [4.78, 5) is 28.0. The first-order valence-corrected chi connectivity index (χ1v) is 10.4. The van der Waals surface area contributed by atoms with Crippen molar-refractivity contribution < 1.29 is 9.90 Å². The number of amides is 1. The van der Waals surface area contributed by atoms with Gasteiger partial charge in [-0.15, -0.1) is 0 Å². The van der Waals surface area contributed by atoms with Crippen LogP contribution in [0.25, 0.3) is 11.1 Å². The van der Waals surface area contributed by atoms with Crippen LogP contribution < -0.4 is 5.56 Å². The van der Waals surface area contributed by atoms with Gasteiger partial charge < -0.3 is 14.6 Å². The van der Waals surface area contributed by atoms with E-state index in [0.29, 0.717) is 30.8 Å². The quantitative estimate of drug-likeness (QED) is 0.712. The first-order chi connectivity index (χ1) is 14.5. The molecule has 2 bridgehead atoms. The molecule has 0 radical (unpaired) electrons. The lowest BCUT2D eigenvalue weighted by molar-refractivity contribution is 0.0593. The number of carbonyl (C=O) groups is 1. The minimum Gasteiger partial charge on any atom is -0.508 e. The minimum absolute atomic E-state index is 0.0321. The van der Waals surface area contributed by atoms with Gasteiger partial charge in [0.2, 0.25) is 0 Å². The molecule has 1 aromatic heterocycles. The highest BCUT2D eigenvalue weighted by atomic mass is 16.3. The van der Waals surface area contributed by atoms with Crippen LogP contribution in [0.3, 0.4) is 0 Å². The maximum atomic E-state index is 13.2. The summed E-state index contributed by atoms with van der Waals surface area (Å²) in [6.07, 6.45) is 0.987. The molecule has 2 aromatic carbocycles. The molecule has 3 aromatic rings. The molecule has 1 N–H and O–H groups in total. The number of likely N-dealkylation sites (tertiary alicyclic amines) is 1. The molecular formula is C25H24N2O3. The van der Waals surface area contributed by atoms with E-state index in [-0.39, 0.29) is 29.1 Å². The van der Waals surface area contributed by atoms with Crippen molar-refractivity contribution in [2.24, 2.45) is 5.92 Å². The Morgan fingerprint density at radius 2 is 1.77 bits per heavy atom. The van der Waals surface area contributed by atoms with Crippen LogP contribution in [0.4, 0.5) is 0 Å². The van der Waals surface area contributed by atoms with Crippen molar-refractivity contribution in [2.45, 2.75) is 25.8 Å². The molecular weight excluding hydrogens is 376 g/mol. The zero-order chi connectivity index (χ0) is 20.8. The third kappa shape index (κ3) is 3.11. The van der Waals surface area contributed by atoms with Crippen LogP contribution in [-0.4, -0.2) is 33.6 Å². The second kappa shape index (κ2) is 7.17. The van der Waals surface area contributed by atoms with Gasteiger partial charge in [0, 0.05) is 48.4 Å². The Hall–Kier alpha value is -3.34. The van der Waals surface area contributed by atoms with Crippen LogP contribution in [0, 0.1) is 12.8 Å². The number of nitrogens with zero attached hydrogens (tertiary/aromatic N) is 2. The number of pyridine rings is 1. The van der Waals surface area contributed by atoms with Crippen LogP contribution in [-0.2, 0) is 6.54 Å². The fourth-order valence-electron chi connectivity index (χ4n) is 4.95. The molecule has 2 atom stereocenters. The van der Waals surface area contributed by atoms with E-state index in [0.717, 1.165) is 23.2 Å². The number of carbonyl (C=O) groups excluding carboxylic acids is 1. The van der Waals surface area contributed by atoms with Crippen LogP contribution in [0.2, 0.25) is 0 Å². The van der Waals surface area contributed by atoms with E-state index in [1.807, 2.05) is 39.8 Å². The van der Waals surface area contributed by atoms with Crippen molar-refractivity contribution in [3.05, 3.63) is 87.8 Å². The Balaban J connectivity index is 1.49. The molecule has 1 amide bonds. The predicted molar refractivity (Wildman–Crippen MR) is 116 cm³/mol. The molecule has 5 nitrogen and oxygen atoms in total. The largest absolute Gasteiger partial charge is 0.508 e. The van der Waals surface area contributed by atoms with Crippen molar-refractivity contribution in [1.82, 2.24) is 9.47 Å². The highest BCUT2D eigenvalue weighted by molar-refractivity contribution is 5.96. The lowest BCUT2D eigenvalue weighted by atomic mass is 9.82. The third-order valence-corrected chi connectivity index (χ3v) is 6.49. The Kier molecular flexibility index (Phi) is 4.46. The molecule has 0 spiro atoms. The van der Waals surface area contributed by atoms with Gasteiger partial charge in [-0.3, -0.25) is 9.59 Å². The standard InChI is InChI=1S/C25H24N2O3/c1-16-21(8-5-9-23(16)28)25(30)26-13-17-10-20(15-26)22-11-19(12-24(29)27(22)14-17)18-6-3-2-4-7-18/h2-9,11-12,17,20,28H,10,13-15H2,1H3/t17-,20+/m0/s1. The average Bonchev–Trinajstić information content (AvgIpc) is 2.76. The Bertz CT molecular complexity index is 1180. The summed E-state index contributed by atoms with van der Waals surface area (Å²) in [6, 6.07) is 18.9. The minimum atomic E-state index is -0.0480. The van der Waals surface area contributed by atoms with Gasteiger partial charge in [0.15, 0.2) is 0 Å². The van der Waals surface area contributed by atoms with Gasteiger partial charge in [-0.2, -0.15) is 0 Å². The number of fused-ring (bicyclic) bond motifs is 4. The number of rotatable bonds is 2. The van der Waals surface area contributed by atoms with Gasteiger partial charge in [-0.25, -0.2) is 0 Å². The highest BCUT2D eigenvalue weighted by Gasteiger charge is 2.37. The summed E-state index contributed by atoms with van der Waals surface area (Å²) in [7, 11) is 0. The van der Waals surface area contributed by atoms with E-state index in [4.69, 9.17) is 0 Å². The third-order valence-electron chi connectivity index (χ3n) is 6.49. The number of benzene rings is 2. The number of piperidine rings is 1. The SMILES string of the molecule is Cc1c(O)cccc1C(=O)N1C[C@@H]2C[C@H](C1)c1cc(-c3ccccc3)cc(=O)n1C2. The summed E-state index contributed by atoms with van der Waals surface area (Å²) >= 11 is 0. The fraction of sp³-hybridized carbons (Fsp3) is 0.280. The number of phenolic OH excluding ortho intramolecular Hbond substituents is 1. The van der Waals surface area contributed by atoms with Gasteiger partial charge in [-0.1, -0.05) is 36.4 Å². The van der Waals surface area contributed by atoms with Crippen molar-refractivity contribution in [1.29, 1.82) is 0 Å². The number of aromatic nitrogens is 1. The normalized spacial score (nSPS) is 20.0. The number of hydrogen-bond donors (Lipinski definition) is 1. The monoisotopic (exact) mass is 400 g/mol. The zero-order valence-electron chi connectivity index (χ0n) is 16.9. The van der Waals surface area contributed by atoms with Crippen molar-refractivity contribution in [3.63, 3.8) is 0 Å². The summed E-state index contributed by atoms with van der Waals surface area (Å²) in [5, 5.41) is 10.00. The molecule has 30 heavy (non-hydrogen) atoms. The van der Waals surface area contributed by atoms with E-state index in [2.05, 4.69) is 6.07 Å². The topological polar surface area (TPSA) is 62.5 Å². The number of hydrogen-bond acceptors (Lipinski definition) is 3. The molecule has 5 heteroatoms. The molecule has 0 aliphatic carbocycles. The maximum Gasteiger partial charge on any atom is 0.254 e.